The SMILES string of the molecule is CC(C)N(C(C)C)C(COP(=O)(O)O)(Cc1ccccc1)Cc1ccccc1. The van der Waals surface area contributed by atoms with Gasteiger partial charge in [-0.2, -0.15) is 0 Å². The van der Waals surface area contributed by atoms with E-state index in [0.717, 1.165) is 11.1 Å². The third kappa shape index (κ3) is 6.54. The van der Waals surface area contributed by atoms with Crippen molar-refractivity contribution in [2.75, 3.05) is 6.61 Å². The van der Waals surface area contributed by atoms with E-state index in [0.29, 0.717) is 12.8 Å². The molecule has 0 spiro atoms. The molecule has 2 rings (SSSR count). The fourth-order valence-corrected chi connectivity index (χ4v) is 4.68. The molecular formula is C22H32NO4P. The quantitative estimate of drug-likeness (QED) is 0.572. The van der Waals surface area contributed by atoms with E-state index in [1.165, 1.54) is 0 Å². The van der Waals surface area contributed by atoms with E-state index in [4.69, 9.17) is 4.52 Å². The molecule has 2 aromatic rings. The van der Waals surface area contributed by atoms with E-state index in [2.05, 4.69) is 56.9 Å². The molecule has 0 atom stereocenters. The van der Waals surface area contributed by atoms with Gasteiger partial charge in [0.2, 0.25) is 0 Å². The molecule has 0 aliphatic carbocycles. The Hall–Kier alpha value is -1.49. The Bertz CT molecular complexity index is 709. The summed E-state index contributed by atoms with van der Waals surface area (Å²) in [4.78, 5) is 21.2. The Morgan fingerprint density at radius 3 is 1.57 bits per heavy atom. The molecule has 0 amide bonds. The van der Waals surface area contributed by atoms with Crippen LogP contribution in [-0.2, 0) is 21.9 Å². The average molecular weight is 405 g/mol. The lowest BCUT2D eigenvalue weighted by Gasteiger charge is -2.49. The Balaban J connectivity index is 2.55. The lowest BCUT2D eigenvalue weighted by atomic mass is 9.81. The first-order valence-corrected chi connectivity index (χ1v) is 11.2. The average Bonchev–Trinajstić information content (AvgIpc) is 2.60. The van der Waals surface area contributed by atoms with Crippen LogP contribution in [0.2, 0.25) is 0 Å². The first kappa shape index (κ1) is 22.8. The van der Waals surface area contributed by atoms with Gasteiger partial charge in [-0.1, -0.05) is 60.7 Å². The molecule has 28 heavy (non-hydrogen) atoms. The summed E-state index contributed by atoms with van der Waals surface area (Å²) in [5.74, 6) is 0. The second-order valence-electron chi connectivity index (χ2n) is 7.91. The maximum Gasteiger partial charge on any atom is 0.469 e. The maximum atomic E-state index is 11.6. The van der Waals surface area contributed by atoms with Gasteiger partial charge in [-0.15, -0.1) is 0 Å². The van der Waals surface area contributed by atoms with Gasteiger partial charge < -0.3 is 9.79 Å². The smallest absolute Gasteiger partial charge is 0.303 e. The topological polar surface area (TPSA) is 70.0 Å². The van der Waals surface area contributed by atoms with Crippen LogP contribution in [0.5, 0.6) is 0 Å². The van der Waals surface area contributed by atoms with Crippen LogP contribution in [0, 0.1) is 0 Å². The van der Waals surface area contributed by atoms with Gasteiger partial charge in [-0.05, 0) is 51.7 Å². The van der Waals surface area contributed by atoms with Crippen LogP contribution in [0.25, 0.3) is 0 Å². The number of phosphoric acid groups is 1. The van der Waals surface area contributed by atoms with Crippen LogP contribution in [0.3, 0.4) is 0 Å². The summed E-state index contributed by atoms with van der Waals surface area (Å²) in [5.41, 5.74) is 1.62. The zero-order valence-electron chi connectivity index (χ0n) is 17.2. The Morgan fingerprint density at radius 2 is 1.25 bits per heavy atom. The first-order chi connectivity index (χ1) is 13.1. The molecule has 154 valence electrons. The third-order valence-electron chi connectivity index (χ3n) is 4.91. The molecule has 0 fully saturated rings. The van der Waals surface area contributed by atoms with Gasteiger partial charge in [-0.25, -0.2) is 4.57 Å². The minimum absolute atomic E-state index is 0.0581. The second-order valence-corrected chi connectivity index (χ2v) is 9.15. The number of phosphoric ester groups is 1. The highest BCUT2D eigenvalue weighted by molar-refractivity contribution is 7.46. The van der Waals surface area contributed by atoms with Gasteiger partial charge >= 0.3 is 7.82 Å². The van der Waals surface area contributed by atoms with Crippen LogP contribution in [0.1, 0.15) is 38.8 Å². The van der Waals surface area contributed by atoms with E-state index < -0.39 is 13.4 Å². The van der Waals surface area contributed by atoms with Crippen molar-refractivity contribution < 1.29 is 18.9 Å². The highest BCUT2D eigenvalue weighted by atomic mass is 31.2. The first-order valence-electron chi connectivity index (χ1n) is 9.69. The molecule has 0 unspecified atom stereocenters. The second kappa shape index (κ2) is 9.82. The standard InChI is InChI=1S/C22H32NO4P/c1-18(2)23(19(3)4)22(17-27-28(24,25)26,15-20-11-7-5-8-12-20)16-21-13-9-6-10-14-21/h5-14,18-19H,15-17H2,1-4H3,(H2,24,25,26). The van der Waals surface area contributed by atoms with Gasteiger partial charge in [0, 0.05) is 12.1 Å². The molecule has 0 aliphatic rings. The van der Waals surface area contributed by atoms with Crippen LogP contribution in [-0.4, -0.2) is 38.9 Å². The fraction of sp³-hybridized carbons (Fsp3) is 0.455. The molecule has 2 aromatic carbocycles. The summed E-state index contributed by atoms with van der Waals surface area (Å²) in [6, 6.07) is 20.4. The summed E-state index contributed by atoms with van der Waals surface area (Å²) < 4.78 is 16.7. The summed E-state index contributed by atoms with van der Waals surface area (Å²) in [7, 11) is -4.60. The van der Waals surface area contributed by atoms with Crippen molar-refractivity contribution in [3.63, 3.8) is 0 Å². The molecule has 0 heterocycles. The van der Waals surface area contributed by atoms with Crippen molar-refractivity contribution in [2.24, 2.45) is 0 Å². The largest absolute Gasteiger partial charge is 0.469 e. The number of benzene rings is 2. The van der Waals surface area contributed by atoms with Crippen molar-refractivity contribution in [1.29, 1.82) is 0 Å². The Labute approximate surface area is 168 Å². The molecule has 2 N–H and O–H groups in total. The van der Waals surface area contributed by atoms with Gasteiger partial charge in [0.25, 0.3) is 0 Å². The summed E-state index contributed by atoms with van der Waals surface area (Å²) in [5, 5.41) is 0. The van der Waals surface area contributed by atoms with E-state index >= 15 is 0 Å². The van der Waals surface area contributed by atoms with Crippen molar-refractivity contribution in [1.82, 2.24) is 4.90 Å². The minimum Gasteiger partial charge on any atom is -0.303 e. The van der Waals surface area contributed by atoms with Crippen molar-refractivity contribution in [2.45, 2.75) is 58.2 Å². The number of hydrogen-bond donors (Lipinski definition) is 2. The normalized spacial score (nSPS) is 12.9. The van der Waals surface area contributed by atoms with Crippen LogP contribution >= 0.6 is 7.82 Å². The summed E-state index contributed by atoms with van der Waals surface area (Å²) >= 11 is 0. The molecular weight excluding hydrogens is 373 g/mol. The van der Waals surface area contributed by atoms with Gasteiger partial charge in [-0.3, -0.25) is 9.42 Å². The van der Waals surface area contributed by atoms with Crippen molar-refractivity contribution in [3.05, 3.63) is 71.8 Å². The molecule has 0 saturated carbocycles. The fourth-order valence-electron chi connectivity index (χ4n) is 4.27. The van der Waals surface area contributed by atoms with Gasteiger partial charge in [0.05, 0.1) is 12.1 Å². The number of hydrogen-bond acceptors (Lipinski definition) is 3. The van der Waals surface area contributed by atoms with Crippen molar-refractivity contribution in [3.8, 4) is 0 Å². The third-order valence-corrected chi connectivity index (χ3v) is 5.38. The monoisotopic (exact) mass is 405 g/mol. The predicted molar refractivity (Wildman–Crippen MR) is 113 cm³/mol. The molecule has 0 bridgehead atoms. The van der Waals surface area contributed by atoms with Crippen LogP contribution in [0.15, 0.2) is 60.7 Å². The number of rotatable bonds is 10. The van der Waals surface area contributed by atoms with E-state index in [-0.39, 0.29) is 18.7 Å². The molecule has 0 aromatic heterocycles. The summed E-state index contributed by atoms with van der Waals surface area (Å²) in [6.07, 6.45) is 1.25. The molecule has 0 saturated heterocycles. The maximum absolute atomic E-state index is 11.6. The number of nitrogens with zero attached hydrogens (tertiary/aromatic N) is 1. The molecule has 5 nitrogen and oxygen atoms in total. The van der Waals surface area contributed by atoms with Crippen molar-refractivity contribution >= 4 is 7.82 Å². The zero-order chi connectivity index (χ0) is 20.8. The highest BCUT2D eigenvalue weighted by Crippen LogP contribution is 2.40. The lowest BCUT2D eigenvalue weighted by Crippen LogP contribution is -2.60. The van der Waals surface area contributed by atoms with Gasteiger partial charge in [0.1, 0.15) is 0 Å². The predicted octanol–water partition coefficient (Wildman–Crippen LogP) is 4.44. The van der Waals surface area contributed by atoms with Crippen LogP contribution < -0.4 is 0 Å². The highest BCUT2D eigenvalue weighted by Gasteiger charge is 2.42. The van der Waals surface area contributed by atoms with E-state index in [1.807, 2.05) is 36.4 Å². The van der Waals surface area contributed by atoms with E-state index in [9.17, 15) is 14.4 Å². The Morgan fingerprint density at radius 1 is 0.857 bits per heavy atom. The van der Waals surface area contributed by atoms with Crippen LogP contribution in [0.4, 0.5) is 0 Å². The minimum atomic E-state index is -4.60. The molecule has 0 aliphatic heterocycles. The zero-order valence-corrected chi connectivity index (χ0v) is 18.0. The molecule has 0 radical (unpaired) electrons. The lowest BCUT2D eigenvalue weighted by molar-refractivity contribution is -0.0160. The summed E-state index contributed by atoms with van der Waals surface area (Å²) in [6.45, 7) is 8.40. The Kier molecular flexibility index (Phi) is 7.99. The van der Waals surface area contributed by atoms with Gasteiger partial charge in [0.15, 0.2) is 0 Å². The van der Waals surface area contributed by atoms with E-state index in [1.54, 1.807) is 0 Å². The molecule has 6 heteroatoms.